The van der Waals surface area contributed by atoms with Gasteiger partial charge in [0.25, 0.3) is 5.69 Å². The Hall–Kier alpha value is -2.54. The molecule has 0 aromatic heterocycles. The van der Waals surface area contributed by atoms with Crippen LogP contribution in [0.4, 0.5) is 5.69 Å². The SMILES string of the molecule is O=[N+]([O-])c1cccc(S(=O)(=O)NCCOc2ccc(S(=O)(=O)N3CCCC3)cc2)c1. The minimum absolute atomic E-state index is 0.00756. The molecule has 1 heterocycles. The molecule has 162 valence electrons. The molecule has 0 aliphatic carbocycles. The van der Waals surface area contributed by atoms with Crippen molar-refractivity contribution in [2.45, 2.75) is 22.6 Å². The second-order valence-corrected chi connectivity index (χ2v) is 10.3. The molecule has 0 atom stereocenters. The molecule has 1 aliphatic heterocycles. The number of nitro benzene ring substituents is 1. The Bertz CT molecular complexity index is 1110. The van der Waals surface area contributed by atoms with E-state index >= 15 is 0 Å². The fourth-order valence-corrected chi connectivity index (χ4v) is 5.55. The monoisotopic (exact) mass is 455 g/mol. The van der Waals surface area contributed by atoms with E-state index in [2.05, 4.69) is 4.72 Å². The van der Waals surface area contributed by atoms with E-state index in [-0.39, 0.29) is 28.6 Å². The maximum atomic E-state index is 12.5. The lowest BCUT2D eigenvalue weighted by Gasteiger charge is -2.15. The second kappa shape index (κ2) is 9.08. The van der Waals surface area contributed by atoms with E-state index in [4.69, 9.17) is 4.74 Å². The van der Waals surface area contributed by atoms with E-state index in [0.29, 0.717) is 18.8 Å². The number of benzene rings is 2. The van der Waals surface area contributed by atoms with E-state index in [1.54, 1.807) is 0 Å². The molecule has 12 heteroatoms. The lowest BCUT2D eigenvalue weighted by atomic mass is 10.3. The Morgan fingerprint density at radius 1 is 1.00 bits per heavy atom. The van der Waals surface area contributed by atoms with Gasteiger partial charge in [0.1, 0.15) is 12.4 Å². The summed E-state index contributed by atoms with van der Waals surface area (Å²) in [6.45, 7) is 0.960. The van der Waals surface area contributed by atoms with Crippen LogP contribution in [0.25, 0.3) is 0 Å². The molecule has 2 aromatic carbocycles. The number of nitrogens with one attached hydrogen (secondary N) is 1. The quantitative estimate of drug-likeness (QED) is 0.345. The standard InChI is InChI=1S/C18H21N3O7S2/c22-21(23)15-4-3-5-18(14-15)29(24,25)19-10-13-28-16-6-8-17(9-7-16)30(26,27)20-11-1-2-12-20/h3-9,14,19H,1-2,10-13H2. The second-order valence-electron chi connectivity index (χ2n) is 6.58. The zero-order valence-corrected chi connectivity index (χ0v) is 17.6. The van der Waals surface area contributed by atoms with Crippen molar-refractivity contribution >= 4 is 25.7 Å². The van der Waals surface area contributed by atoms with Crippen molar-refractivity contribution in [1.82, 2.24) is 9.03 Å². The highest BCUT2D eigenvalue weighted by Crippen LogP contribution is 2.23. The molecule has 1 fully saturated rings. The summed E-state index contributed by atoms with van der Waals surface area (Å²) in [6.07, 6.45) is 1.71. The third-order valence-electron chi connectivity index (χ3n) is 4.53. The molecule has 1 aliphatic rings. The summed E-state index contributed by atoms with van der Waals surface area (Å²) < 4.78 is 58.6. The van der Waals surface area contributed by atoms with Crippen molar-refractivity contribution in [3.8, 4) is 5.75 Å². The number of rotatable bonds is 9. The summed E-state index contributed by atoms with van der Waals surface area (Å²) in [5.41, 5.74) is -0.321. The molecule has 10 nitrogen and oxygen atoms in total. The Labute approximate surface area is 174 Å². The maximum Gasteiger partial charge on any atom is 0.270 e. The summed E-state index contributed by atoms with van der Waals surface area (Å²) in [4.78, 5) is 10.1. The first-order valence-electron chi connectivity index (χ1n) is 9.17. The summed E-state index contributed by atoms with van der Waals surface area (Å²) in [7, 11) is -7.43. The molecule has 0 amide bonds. The smallest absolute Gasteiger partial charge is 0.270 e. The van der Waals surface area contributed by atoms with Crippen LogP contribution in [0.2, 0.25) is 0 Å². The fourth-order valence-electron chi connectivity index (χ4n) is 2.98. The fraction of sp³-hybridized carbons (Fsp3) is 0.333. The number of hydrogen-bond donors (Lipinski definition) is 1. The molecular formula is C18H21N3O7S2. The first kappa shape index (κ1) is 22.2. The van der Waals surface area contributed by atoms with Crippen molar-refractivity contribution in [2.75, 3.05) is 26.2 Å². The van der Waals surface area contributed by atoms with Gasteiger partial charge >= 0.3 is 0 Å². The van der Waals surface area contributed by atoms with Gasteiger partial charge in [-0.3, -0.25) is 10.1 Å². The first-order valence-corrected chi connectivity index (χ1v) is 12.1. The molecule has 2 aromatic rings. The Balaban J connectivity index is 1.54. The van der Waals surface area contributed by atoms with Crippen molar-refractivity contribution in [2.24, 2.45) is 0 Å². The highest BCUT2D eigenvalue weighted by molar-refractivity contribution is 7.89. The van der Waals surface area contributed by atoms with Crippen LogP contribution in [0.15, 0.2) is 58.3 Å². The third-order valence-corrected chi connectivity index (χ3v) is 7.90. The molecule has 0 unspecified atom stereocenters. The van der Waals surface area contributed by atoms with E-state index in [1.165, 1.54) is 46.8 Å². The van der Waals surface area contributed by atoms with Gasteiger partial charge in [-0.2, -0.15) is 4.31 Å². The topological polar surface area (TPSA) is 136 Å². The Morgan fingerprint density at radius 3 is 2.30 bits per heavy atom. The number of hydrogen-bond acceptors (Lipinski definition) is 7. The molecular weight excluding hydrogens is 434 g/mol. The minimum Gasteiger partial charge on any atom is -0.492 e. The average molecular weight is 456 g/mol. The van der Waals surface area contributed by atoms with Crippen LogP contribution in [0, 0.1) is 10.1 Å². The summed E-state index contributed by atoms with van der Waals surface area (Å²) >= 11 is 0. The largest absolute Gasteiger partial charge is 0.492 e. The van der Waals surface area contributed by atoms with Crippen LogP contribution >= 0.6 is 0 Å². The molecule has 0 saturated carbocycles. The van der Waals surface area contributed by atoms with E-state index in [1.807, 2.05) is 0 Å². The zero-order valence-electron chi connectivity index (χ0n) is 15.9. The highest BCUT2D eigenvalue weighted by Gasteiger charge is 2.27. The van der Waals surface area contributed by atoms with E-state index < -0.39 is 25.0 Å². The highest BCUT2D eigenvalue weighted by atomic mass is 32.2. The lowest BCUT2D eigenvalue weighted by molar-refractivity contribution is -0.385. The van der Waals surface area contributed by atoms with Crippen LogP contribution < -0.4 is 9.46 Å². The van der Waals surface area contributed by atoms with Gasteiger partial charge in [-0.15, -0.1) is 0 Å². The van der Waals surface area contributed by atoms with Gasteiger partial charge < -0.3 is 4.74 Å². The number of nitrogens with zero attached hydrogens (tertiary/aromatic N) is 2. The lowest BCUT2D eigenvalue weighted by Crippen LogP contribution is -2.28. The van der Waals surface area contributed by atoms with Crippen LogP contribution in [0.5, 0.6) is 5.75 Å². The van der Waals surface area contributed by atoms with Gasteiger partial charge in [-0.25, -0.2) is 21.6 Å². The molecule has 30 heavy (non-hydrogen) atoms. The van der Waals surface area contributed by atoms with E-state index in [0.717, 1.165) is 18.9 Å². The van der Waals surface area contributed by atoms with Crippen LogP contribution in [-0.2, 0) is 20.0 Å². The zero-order chi connectivity index (χ0) is 21.8. The molecule has 0 radical (unpaired) electrons. The first-order chi connectivity index (χ1) is 14.2. The van der Waals surface area contributed by atoms with Gasteiger partial charge in [-0.1, -0.05) is 6.07 Å². The molecule has 3 rings (SSSR count). The van der Waals surface area contributed by atoms with Gasteiger partial charge in [0.05, 0.1) is 14.7 Å². The summed E-state index contributed by atoms with van der Waals surface area (Å²) in [5, 5.41) is 10.8. The van der Waals surface area contributed by atoms with Crippen molar-refractivity contribution in [1.29, 1.82) is 0 Å². The molecule has 1 saturated heterocycles. The van der Waals surface area contributed by atoms with Crippen LogP contribution in [0.3, 0.4) is 0 Å². The third kappa shape index (κ3) is 5.14. The average Bonchev–Trinajstić information content (AvgIpc) is 3.27. The number of non-ortho nitro benzene ring substituents is 1. The molecule has 0 spiro atoms. The van der Waals surface area contributed by atoms with Gasteiger partial charge in [0, 0.05) is 31.8 Å². The Kier molecular flexibility index (Phi) is 6.71. The van der Waals surface area contributed by atoms with Gasteiger partial charge in [0.15, 0.2) is 0 Å². The number of ether oxygens (including phenoxy) is 1. The normalized spacial score (nSPS) is 15.2. The number of nitro groups is 1. The van der Waals surface area contributed by atoms with Crippen molar-refractivity contribution in [3.63, 3.8) is 0 Å². The van der Waals surface area contributed by atoms with Gasteiger partial charge in [0.2, 0.25) is 20.0 Å². The number of sulfonamides is 2. The van der Waals surface area contributed by atoms with E-state index in [9.17, 15) is 26.9 Å². The summed E-state index contributed by atoms with van der Waals surface area (Å²) in [6, 6.07) is 10.7. The van der Waals surface area contributed by atoms with Crippen molar-refractivity contribution in [3.05, 3.63) is 58.6 Å². The van der Waals surface area contributed by atoms with Crippen LogP contribution in [-0.4, -0.2) is 52.3 Å². The molecule has 1 N–H and O–H groups in total. The van der Waals surface area contributed by atoms with Gasteiger partial charge in [-0.05, 0) is 43.2 Å². The predicted molar refractivity (Wildman–Crippen MR) is 108 cm³/mol. The van der Waals surface area contributed by atoms with Crippen LogP contribution in [0.1, 0.15) is 12.8 Å². The minimum atomic E-state index is -3.93. The maximum absolute atomic E-state index is 12.5. The van der Waals surface area contributed by atoms with Crippen molar-refractivity contribution < 1.29 is 26.5 Å². The summed E-state index contributed by atoms with van der Waals surface area (Å²) in [5.74, 6) is 0.393. The molecule has 0 bridgehead atoms. The predicted octanol–water partition coefficient (Wildman–Crippen LogP) is 1.74. The Morgan fingerprint density at radius 2 is 1.67 bits per heavy atom.